The van der Waals surface area contributed by atoms with Gasteiger partial charge in [0, 0.05) is 16.6 Å². The molecule has 1 aliphatic rings. The zero-order valence-electron chi connectivity index (χ0n) is 19.4. The van der Waals surface area contributed by atoms with Gasteiger partial charge in [0.15, 0.2) is 0 Å². The van der Waals surface area contributed by atoms with E-state index in [0.29, 0.717) is 0 Å². The molecule has 4 heteroatoms. The summed E-state index contributed by atoms with van der Waals surface area (Å²) in [4.78, 5) is 7.38. The molecule has 1 saturated heterocycles. The molecule has 0 atom stereocenters. The van der Waals surface area contributed by atoms with Crippen LogP contribution in [0.3, 0.4) is 0 Å². The number of pyridine rings is 1. The maximum Gasteiger partial charge on any atom is 0.118 e. The third-order valence-electron chi connectivity index (χ3n) is 6.74. The van der Waals surface area contributed by atoms with E-state index in [1.807, 2.05) is 18.2 Å². The van der Waals surface area contributed by atoms with Gasteiger partial charge in [-0.15, -0.1) is 0 Å². The second kappa shape index (κ2) is 9.63. The number of nitrogens with one attached hydrogen (secondary N) is 1. The molecule has 0 unspecified atom stereocenters. The third kappa shape index (κ3) is 4.86. The van der Waals surface area contributed by atoms with Crippen LogP contribution in [0, 0.1) is 5.92 Å². The van der Waals surface area contributed by atoms with E-state index in [4.69, 9.17) is 9.72 Å². The van der Waals surface area contributed by atoms with Crippen LogP contribution in [0.5, 0.6) is 5.75 Å². The maximum absolute atomic E-state index is 5.32. The first-order valence-electron chi connectivity index (χ1n) is 11.8. The molecule has 4 aromatic rings. The summed E-state index contributed by atoms with van der Waals surface area (Å²) in [5.74, 6) is 1.59. The van der Waals surface area contributed by atoms with Crippen LogP contribution in [0.15, 0.2) is 78.9 Å². The molecule has 33 heavy (non-hydrogen) atoms. The van der Waals surface area contributed by atoms with Crippen molar-refractivity contribution in [1.82, 2.24) is 9.88 Å². The summed E-state index contributed by atoms with van der Waals surface area (Å²) in [6.07, 6.45) is 3.65. The molecule has 1 fully saturated rings. The normalized spacial score (nSPS) is 15.0. The highest BCUT2D eigenvalue weighted by molar-refractivity contribution is 5.95. The number of benzene rings is 3. The Morgan fingerprint density at radius 1 is 0.909 bits per heavy atom. The van der Waals surface area contributed by atoms with Gasteiger partial charge in [-0.2, -0.15) is 0 Å². The highest BCUT2D eigenvalue weighted by Gasteiger charge is 2.18. The lowest BCUT2D eigenvalue weighted by molar-refractivity contribution is 0.219. The van der Waals surface area contributed by atoms with Gasteiger partial charge in [0.05, 0.1) is 24.0 Å². The Balaban J connectivity index is 1.49. The van der Waals surface area contributed by atoms with Gasteiger partial charge in [-0.05, 0) is 93.3 Å². The van der Waals surface area contributed by atoms with Crippen LogP contribution in [-0.2, 0) is 6.42 Å². The van der Waals surface area contributed by atoms with Gasteiger partial charge in [0.1, 0.15) is 5.75 Å². The van der Waals surface area contributed by atoms with Crippen molar-refractivity contribution in [3.63, 3.8) is 0 Å². The molecule has 1 aromatic heterocycles. The Labute approximate surface area is 196 Å². The predicted octanol–water partition coefficient (Wildman–Crippen LogP) is 6.54. The first-order valence-corrected chi connectivity index (χ1v) is 11.8. The predicted molar refractivity (Wildman–Crippen MR) is 137 cm³/mol. The number of para-hydroxylation sites is 2. The van der Waals surface area contributed by atoms with Gasteiger partial charge >= 0.3 is 0 Å². The second-order valence-corrected chi connectivity index (χ2v) is 9.03. The molecule has 3 aromatic carbocycles. The molecule has 0 saturated carbocycles. The Morgan fingerprint density at radius 3 is 2.42 bits per heavy atom. The van der Waals surface area contributed by atoms with E-state index in [1.54, 1.807) is 7.11 Å². The number of hydrogen-bond donors (Lipinski definition) is 1. The smallest absolute Gasteiger partial charge is 0.118 e. The monoisotopic (exact) mass is 437 g/mol. The zero-order valence-corrected chi connectivity index (χ0v) is 19.4. The van der Waals surface area contributed by atoms with E-state index in [2.05, 4.69) is 77.9 Å². The summed E-state index contributed by atoms with van der Waals surface area (Å²) in [5, 5.41) is 4.90. The van der Waals surface area contributed by atoms with Crippen molar-refractivity contribution in [2.45, 2.75) is 19.3 Å². The van der Waals surface area contributed by atoms with Crippen LogP contribution < -0.4 is 10.1 Å². The number of nitrogens with zero attached hydrogens (tertiary/aromatic N) is 2. The summed E-state index contributed by atoms with van der Waals surface area (Å²) in [5.41, 5.74) is 6.67. The molecule has 168 valence electrons. The lowest BCUT2D eigenvalue weighted by atomic mass is 9.89. The Morgan fingerprint density at radius 2 is 1.64 bits per heavy atom. The number of methoxy groups -OCH3 is 1. The number of anilines is 2. The number of aromatic nitrogens is 1. The minimum atomic E-state index is 0.744. The zero-order chi connectivity index (χ0) is 22.6. The van der Waals surface area contributed by atoms with E-state index in [1.165, 1.54) is 37.2 Å². The number of likely N-dealkylation sites (tertiary alicyclic amines) is 1. The molecule has 4 nitrogen and oxygen atoms in total. The Bertz CT molecular complexity index is 1230. The minimum absolute atomic E-state index is 0.744. The standard InChI is InChI=1S/C29H31N3O/c1-32-17-15-21(16-18-32)19-23-7-3-5-9-26(23)30-29-20-28(22-11-13-24(33-2)14-12-22)31-27-10-6-4-8-25(27)29/h3-14,20-21H,15-19H2,1-2H3,(H,30,31). The molecule has 1 N–H and O–H groups in total. The molecule has 1 aliphatic heterocycles. The first-order chi connectivity index (χ1) is 16.2. The molecule has 0 bridgehead atoms. The van der Waals surface area contributed by atoms with Crippen molar-refractivity contribution >= 4 is 22.3 Å². The van der Waals surface area contributed by atoms with Gasteiger partial charge in [0.25, 0.3) is 0 Å². The van der Waals surface area contributed by atoms with E-state index in [9.17, 15) is 0 Å². The lowest BCUT2D eigenvalue weighted by Gasteiger charge is -2.29. The van der Waals surface area contributed by atoms with Crippen molar-refractivity contribution in [2.75, 3.05) is 32.6 Å². The fourth-order valence-electron chi connectivity index (χ4n) is 4.73. The van der Waals surface area contributed by atoms with Gasteiger partial charge in [-0.1, -0.05) is 36.4 Å². The molecule has 0 amide bonds. The van der Waals surface area contributed by atoms with Crippen molar-refractivity contribution in [1.29, 1.82) is 0 Å². The van der Waals surface area contributed by atoms with Crippen LogP contribution >= 0.6 is 0 Å². The second-order valence-electron chi connectivity index (χ2n) is 9.03. The van der Waals surface area contributed by atoms with Crippen LogP contribution in [0.1, 0.15) is 18.4 Å². The van der Waals surface area contributed by atoms with Crippen LogP contribution in [-0.4, -0.2) is 37.1 Å². The molecular formula is C29H31N3O. The van der Waals surface area contributed by atoms with E-state index < -0.39 is 0 Å². The van der Waals surface area contributed by atoms with Crippen molar-refractivity contribution in [3.05, 3.63) is 84.4 Å². The molecule has 0 spiro atoms. The summed E-state index contributed by atoms with van der Waals surface area (Å²) in [6.45, 7) is 2.39. The van der Waals surface area contributed by atoms with Crippen molar-refractivity contribution in [2.24, 2.45) is 5.92 Å². The summed E-state index contributed by atoms with van der Waals surface area (Å²) >= 11 is 0. The van der Waals surface area contributed by atoms with Gasteiger partial charge < -0.3 is 15.0 Å². The third-order valence-corrected chi connectivity index (χ3v) is 6.74. The number of fused-ring (bicyclic) bond motifs is 1. The van der Waals surface area contributed by atoms with Gasteiger partial charge in [0.2, 0.25) is 0 Å². The molecule has 5 rings (SSSR count). The fraction of sp³-hybridized carbons (Fsp3) is 0.276. The highest BCUT2D eigenvalue weighted by Crippen LogP contribution is 2.33. The van der Waals surface area contributed by atoms with Crippen LogP contribution in [0.2, 0.25) is 0 Å². The van der Waals surface area contributed by atoms with E-state index in [-0.39, 0.29) is 0 Å². The first kappa shape index (κ1) is 21.5. The molecule has 0 aliphatic carbocycles. The quantitative estimate of drug-likeness (QED) is 0.372. The summed E-state index contributed by atoms with van der Waals surface area (Å²) in [6, 6.07) is 27.3. The highest BCUT2D eigenvalue weighted by atomic mass is 16.5. The van der Waals surface area contributed by atoms with Gasteiger partial charge in [-0.3, -0.25) is 0 Å². The molecule has 0 radical (unpaired) electrons. The number of rotatable bonds is 6. The largest absolute Gasteiger partial charge is 0.497 e. The van der Waals surface area contributed by atoms with E-state index in [0.717, 1.165) is 45.9 Å². The number of ether oxygens (including phenoxy) is 1. The Kier molecular flexibility index (Phi) is 6.27. The van der Waals surface area contributed by atoms with Crippen molar-refractivity contribution < 1.29 is 4.74 Å². The number of piperidine rings is 1. The summed E-state index contributed by atoms with van der Waals surface area (Å²) in [7, 11) is 3.91. The number of hydrogen-bond acceptors (Lipinski definition) is 4. The molecular weight excluding hydrogens is 406 g/mol. The minimum Gasteiger partial charge on any atom is -0.497 e. The Hall–Kier alpha value is -3.37. The lowest BCUT2D eigenvalue weighted by Crippen LogP contribution is -2.31. The SMILES string of the molecule is COc1ccc(-c2cc(Nc3ccccc3CC3CCN(C)CC3)c3ccccc3n2)cc1. The summed E-state index contributed by atoms with van der Waals surface area (Å²) < 4.78 is 5.32. The maximum atomic E-state index is 5.32. The van der Waals surface area contributed by atoms with Gasteiger partial charge in [-0.25, -0.2) is 4.98 Å². The van der Waals surface area contributed by atoms with E-state index >= 15 is 0 Å². The topological polar surface area (TPSA) is 37.4 Å². The average molecular weight is 438 g/mol. The molecule has 2 heterocycles. The van der Waals surface area contributed by atoms with Crippen LogP contribution in [0.25, 0.3) is 22.2 Å². The average Bonchev–Trinajstić information content (AvgIpc) is 2.86. The van der Waals surface area contributed by atoms with Crippen LogP contribution in [0.4, 0.5) is 11.4 Å². The fourth-order valence-corrected chi connectivity index (χ4v) is 4.73. The van der Waals surface area contributed by atoms with Crippen molar-refractivity contribution in [3.8, 4) is 17.0 Å².